The van der Waals surface area contributed by atoms with E-state index in [1.165, 1.54) is 0 Å². The molecule has 0 aliphatic heterocycles. The number of aromatic nitrogens is 1. The van der Waals surface area contributed by atoms with Gasteiger partial charge in [-0.3, -0.25) is 9.78 Å². The van der Waals surface area contributed by atoms with E-state index in [0.29, 0.717) is 12.3 Å². The number of carbonyl (C=O) groups excluding carboxylic acids is 1. The highest BCUT2D eigenvalue weighted by Gasteiger charge is 2.20. The number of nitrogens with zero attached hydrogens (tertiary/aromatic N) is 1. The molecule has 5 nitrogen and oxygen atoms in total. The van der Waals surface area contributed by atoms with Gasteiger partial charge >= 0.3 is 0 Å². The molecule has 0 aliphatic carbocycles. The molecular formula is C13H21N3O2. The maximum absolute atomic E-state index is 11.8. The lowest BCUT2D eigenvalue weighted by molar-refractivity contribution is -0.128. The van der Waals surface area contributed by atoms with E-state index in [4.69, 9.17) is 10.5 Å². The smallest absolute Gasteiger partial charge is 0.261 e. The molecule has 1 heterocycles. The molecule has 0 aliphatic rings. The predicted molar refractivity (Wildman–Crippen MR) is 70.1 cm³/mol. The fourth-order valence-electron chi connectivity index (χ4n) is 1.33. The normalized spacial score (nSPS) is 12.9. The Bertz CT molecular complexity index is 396. The van der Waals surface area contributed by atoms with E-state index in [9.17, 15) is 4.79 Å². The van der Waals surface area contributed by atoms with Gasteiger partial charge in [-0.05, 0) is 39.8 Å². The Labute approximate surface area is 108 Å². The van der Waals surface area contributed by atoms with Crippen LogP contribution in [0.4, 0.5) is 0 Å². The minimum absolute atomic E-state index is 0.148. The van der Waals surface area contributed by atoms with Crippen LogP contribution in [-0.4, -0.2) is 22.5 Å². The van der Waals surface area contributed by atoms with Crippen molar-refractivity contribution in [1.82, 2.24) is 10.3 Å². The molecule has 0 spiro atoms. The van der Waals surface area contributed by atoms with Gasteiger partial charge in [0.15, 0.2) is 6.10 Å². The summed E-state index contributed by atoms with van der Waals surface area (Å²) in [6, 6.07) is 3.54. The second-order valence-electron chi connectivity index (χ2n) is 5.19. The summed E-state index contributed by atoms with van der Waals surface area (Å²) in [6.07, 6.45) is 1.01. The maximum Gasteiger partial charge on any atom is 0.261 e. The van der Waals surface area contributed by atoms with E-state index in [-0.39, 0.29) is 11.4 Å². The second kappa shape index (κ2) is 5.82. The van der Waals surface area contributed by atoms with E-state index in [2.05, 4.69) is 10.3 Å². The summed E-state index contributed by atoms with van der Waals surface area (Å²) in [7, 11) is 0. The Morgan fingerprint density at radius 2 is 2.17 bits per heavy atom. The lowest BCUT2D eigenvalue weighted by atomic mass is 10.1. The van der Waals surface area contributed by atoms with Gasteiger partial charge in [-0.2, -0.15) is 0 Å². The summed E-state index contributed by atoms with van der Waals surface area (Å²) in [5.41, 5.74) is 5.97. The van der Waals surface area contributed by atoms with E-state index >= 15 is 0 Å². The highest BCUT2D eigenvalue weighted by atomic mass is 16.5. The average molecular weight is 251 g/mol. The Morgan fingerprint density at radius 1 is 1.50 bits per heavy atom. The van der Waals surface area contributed by atoms with Crippen molar-refractivity contribution in [3.05, 3.63) is 24.0 Å². The number of ether oxygens (including phenoxy) is 1. The molecule has 1 aromatic rings. The SMILES string of the molecule is CC(Oc1ccc(CN)nc1)C(=O)NC(C)(C)C. The van der Waals surface area contributed by atoms with Gasteiger partial charge in [0.1, 0.15) is 5.75 Å². The fourth-order valence-corrected chi connectivity index (χ4v) is 1.33. The third kappa shape index (κ3) is 4.71. The minimum atomic E-state index is -0.560. The van der Waals surface area contributed by atoms with Crippen LogP contribution in [0.1, 0.15) is 33.4 Å². The Kier molecular flexibility index (Phi) is 4.67. The first-order chi connectivity index (χ1) is 8.31. The van der Waals surface area contributed by atoms with Crippen LogP contribution in [0.5, 0.6) is 5.75 Å². The molecule has 1 unspecified atom stereocenters. The van der Waals surface area contributed by atoms with Crippen LogP contribution in [0.2, 0.25) is 0 Å². The molecule has 1 rings (SSSR count). The number of hydrogen-bond acceptors (Lipinski definition) is 4. The van der Waals surface area contributed by atoms with Gasteiger partial charge in [0, 0.05) is 12.1 Å². The quantitative estimate of drug-likeness (QED) is 0.843. The monoisotopic (exact) mass is 251 g/mol. The Hall–Kier alpha value is -1.62. The molecule has 0 saturated carbocycles. The number of amides is 1. The van der Waals surface area contributed by atoms with E-state index in [1.807, 2.05) is 20.8 Å². The third-order valence-electron chi connectivity index (χ3n) is 2.19. The molecule has 0 fully saturated rings. The lowest BCUT2D eigenvalue weighted by Gasteiger charge is -2.23. The van der Waals surface area contributed by atoms with Crippen molar-refractivity contribution >= 4 is 5.91 Å². The summed E-state index contributed by atoms with van der Waals surface area (Å²) in [4.78, 5) is 15.9. The van der Waals surface area contributed by atoms with Crippen molar-refractivity contribution in [2.24, 2.45) is 5.73 Å². The van der Waals surface area contributed by atoms with Crippen molar-refractivity contribution in [2.75, 3.05) is 0 Å². The molecule has 5 heteroatoms. The molecule has 3 N–H and O–H groups in total. The van der Waals surface area contributed by atoms with Crippen molar-refractivity contribution in [3.63, 3.8) is 0 Å². The number of hydrogen-bond donors (Lipinski definition) is 2. The average Bonchev–Trinajstić information content (AvgIpc) is 2.27. The largest absolute Gasteiger partial charge is 0.479 e. The number of carbonyl (C=O) groups is 1. The van der Waals surface area contributed by atoms with E-state index < -0.39 is 6.10 Å². The van der Waals surface area contributed by atoms with E-state index in [0.717, 1.165) is 5.69 Å². The van der Waals surface area contributed by atoms with Crippen LogP contribution in [0.25, 0.3) is 0 Å². The van der Waals surface area contributed by atoms with Crippen molar-refractivity contribution < 1.29 is 9.53 Å². The first-order valence-electron chi connectivity index (χ1n) is 5.95. The predicted octanol–water partition coefficient (Wildman–Crippen LogP) is 1.22. The Morgan fingerprint density at radius 3 is 2.61 bits per heavy atom. The summed E-state index contributed by atoms with van der Waals surface area (Å²) in [5.74, 6) is 0.411. The van der Waals surface area contributed by atoms with Crippen LogP contribution in [-0.2, 0) is 11.3 Å². The number of nitrogens with two attached hydrogens (primary N) is 1. The van der Waals surface area contributed by atoms with Crippen molar-refractivity contribution in [1.29, 1.82) is 0 Å². The van der Waals surface area contributed by atoms with E-state index in [1.54, 1.807) is 25.3 Å². The first kappa shape index (κ1) is 14.4. The molecule has 0 bridgehead atoms. The van der Waals surface area contributed by atoms with Gasteiger partial charge in [0.25, 0.3) is 5.91 Å². The van der Waals surface area contributed by atoms with Gasteiger partial charge in [-0.1, -0.05) is 0 Å². The summed E-state index contributed by atoms with van der Waals surface area (Å²) in [5, 5.41) is 2.86. The molecule has 1 aromatic heterocycles. The highest BCUT2D eigenvalue weighted by molar-refractivity contribution is 5.81. The van der Waals surface area contributed by atoms with Gasteiger partial charge in [-0.15, -0.1) is 0 Å². The number of rotatable bonds is 4. The van der Waals surface area contributed by atoms with Crippen LogP contribution in [0.3, 0.4) is 0 Å². The molecule has 0 radical (unpaired) electrons. The Balaban J connectivity index is 2.58. The first-order valence-corrected chi connectivity index (χ1v) is 5.95. The van der Waals surface area contributed by atoms with Crippen LogP contribution in [0.15, 0.2) is 18.3 Å². The number of pyridine rings is 1. The molecule has 0 saturated heterocycles. The molecule has 1 atom stereocenters. The van der Waals surface area contributed by atoms with Gasteiger partial charge < -0.3 is 15.8 Å². The highest BCUT2D eigenvalue weighted by Crippen LogP contribution is 2.11. The minimum Gasteiger partial charge on any atom is -0.479 e. The summed E-state index contributed by atoms with van der Waals surface area (Å²) >= 11 is 0. The molecule has 100 valence electrons. The summed E-state index contributed by atoms with van der Waals surface area (Å²) in [6.45, 7) is 7.87. The van der Waals surface area contributed by atoms with Gasteiger partial charge in [0.05, 0.1) is 11.9 Å². The zero-order valence-electron chi connectivity index (χ0n) is 11.4. The van der Waals surface area contributed by atoms with Crippen LogP contribution < -0.4 is 15.8 Å². The second-order valence-corrected chi connectivity index (χ2v) is 5.19. The van der Waals surface area contributed by atoms with Gasteiger partial charge in [-0.25, -0.2) is 0 Å². The van der Waals surface area contributed by atoms with Crippen LogP contribution >= 0.6 is 0 Å². The maximum atomic E-state index is 11.8. The lowest BCUT2D eigenvalue weighted by Crippen LogP contribution is -2.46. The molecule has 18 heavy (non-hydrogen) atoms. The van der Waals surface area contributed by atoms with Crippen molar-refractivity contribution in [3.8, 4) is 5.75 Å². The molecular weight excluding hydrogens is 230 g/mol. The zero-order valence-corrected chi connectivity index (χ0v) is 11.4. The van der Waals surface area contributed by atoms with Crippen molar-refractivity contribution in [2.45, 2.75) is 45.9 Å². The fraction of sp³-hybridized carbons (Fsp3) is 0.538. The standard InChI is InChI=1S/C13H21N3O2/c1-9(12(17)16-13(2,3)4)18-11-6-5-10(7-14)15-8-11/h5-6,8-9H,7,14H2,1-4H3,(H,16,17). The van der Waals surface area contributed by atoms with Crippen LogP contribution in [0, 0.1) is 0 Å². The summed E-state index contributed by atoms with van der Waals surface area (Å²) < 4.78 is 5.51. The molecule has 1 amide bonds. The topological polar surface area (TPSA) is 77.2 Å². The molecule has 0 aromatic carbocycles. The third-order valence-corrected chi connectivity index (χ3v) is 2.19. The zero-order chi connectivity index (χ0) is 13.8. The number of nitrogens with one attached hydrogen (secondary N) is 1. The van der Waals surface area contributed by atoms with Gasteiger partial charge in [0.2, 0.25) is 0 Å².